The number of carbonyl (C=O) groups is 1. The lowest BCUT2D eigenvalue weighted by molar-refractivity contribution is -0.113. The van der Waals surface area contributed by atoms with E-state index in [1.165, 1.54) is 11.8 Å². The van der Waals surface area contributed by atoms with E-state index in [2.05, 4.69) is 9.89 Å². The molecule has 0 unspecified atom stereocenters. The number of hydrogen-bond donors (Lipinski definition) is 0. The van der Waals surface area contributed by atoms with Crippen molar-refractivity contribution in [2.75, 3.05) is 40.5 Å². The summed E-state index contributed by atoms with van der Waals surface area (Å²) in [4.78, 5) is 19.0. The van der Waals surface area contributed by atoms with Gasteiger partial charge in [0.2, 0.25) is 0 Å². The van der Waals surface area contributed by atoms with Crippen LogP contribution >= 0.6 is 11.8 Å². The van der Waals surface area contributed by atoms with E-state index in [1.807, 2.05) is 18.2 Å². The van der Waals surface area contributed by atoms with Gasteiger partial charge in [-0.1, -0.05) is 0 Å². The summed E-state index contributed by atoms with van der Waals surface area (Å²) >= 11 is 1.39. The van der Waals surface area contributed by atoms with Gasteiger partial charge in [-0.25, -0.2) is 0 Å². The highest BCUT2D eigenvalue weighted by Crippen LogP contribution is 2.33. The number of ether oxygens (including phenoxy) is 3. The zero-order valence-electron chi connectivity index (χ0n) is 13.1. The molecule has 23 heavy (non-hydrogen) atoms. The minimum absolute atomic E-state index is 0.221. The number of thioether (sulfide) groups is 1. The molecule has 1 aromatic carbocycles. The van der Waals surface area contributed by atoms with Gasteiger partial charge >= 0.3 is 0 Å². The van der Waals surface area contributed by atoms with Crippen LogP contribution in [0.25, 0.3) is 6.08 Å². The van der Waals surface area contributed by atoms with E-state index in [0.29, 0.717) is 29.6 Å². The van der Waals surface area contributed by atoms with Gasteiger partial charge in [0, 0.05) is 18.7 Å². The Morgan fingerprint density at radius 2 is 2.04 bits per heavy atom. The summed E-state index contributed by atoms with van der Waals surface area (Å²) in [6.07, 6.45) is 1.80. The smallest absolute Gasteiger partial charge is 0.286 e. The Hall–Kier alpha value is -1.99. The molecule has 0 aliphatic carbocycles. The summed E-state index contributed by atoms with van der Waals surface area (Å²) < 4.78 is 15.9. The molecule has 0 atom stereocenters. The number of amides is 1. The summed E-state index contributed by atoms with van der Waals surface area (Å²) in [5, 5.41) is 0.742. The highest BCUT2D eigenvalue weighted by atomic mass is 32.2. The van der Waals surface area contributed by atoms with Crippen LogP contribution in [0.15, 0.2) is 28.1 Å². The van der Waals surface area contributed by atoms with Crippen LogP contribution < -0.4 is 9.47 Å². The number of carbonyl (C=O) groups excluding carboxylic acids is 1. The number of morpholine rings is 1. The second kappa shape index (κ2) is 7.06. The molecule has 1 fully saturated rings. The molecule has 2 aliphatic heterocycles. The van der Waals surface area contributed by atoms with Crippen LogP contribution in [0, 0.1) is 0 Å². The number of nitrogens with zero attached hydrogens (tertiary/aromatic N) is 2. The largest absolute Gasteiger partial charge is 0.497 e. The van der Waals surface area contributed by atoms with E-state index in [-0.39, 0.29) is 5.91 Å². The van der Waals surface area contributed by atoms with E-state index < -0.39 is 0 Å². The van der Waals surface area contributed by atoms with E-state index >= 15 is 0 Å². The van der Waals surface area contributed by atoms with Crippen LogP contribution in [-0.4, -0.2) is 56.5 Å². The predicted octanol–water partition coefficient (Wildman–Crippen LogP) is 2.01. The summed E-state index contributed by atoms with van der Waals surface area (Å²) in [7, 11) is 3.21. The third kappa shape index (κ3) is 3.51. The highest BCUT2D eigenvalue weighted by molar-refractivity contribution is 8.18. The van der Waals surface area contributed by atoms with Gasteiger partial charge in [-0.3, -0.25) is 4.79 Å². The third-order valence-electron chi connectivity index (χ3n) is 3.61. The molecule has 2 aliphatic rings. The summed E-state index contributed by atoms with van der Waals surface area (Å²) in [6.45, 7) is 2.84. The Kier molecular flexibility index (Phi) is 4.88. The predicted molar refractivity (Wildman–Crippen MR) is 89.9 cm³/mol. The summed E-state index contributed by atoms with van der Waals surface area (Å²) in [5.74, 6) is 1.18. The number of hydrogen-bond acceptors (Lipinski definition) is 6. The Morgan fingerprint density at radius 1 is 1.26 bits per heavy atom. The normalized spacial score (nSPS) is 19.9. The first-order chi connectivity index (χ1) is 11.2. The maximum Gasteiger partial charge on any atom is 0.286 e. The fourth-order valence-electron chi connectivity index (χ4n) is 2.38. The minimum Gasteiger partial charge on any atom is -0.497 e. The van der Waals surface area contributed by atoms with Gasteiger partial charge in [0.25, 0.3) is 5.91 Å². The minimum atomic E-state index is -0.221. The molecule has 7 heteroatoms. The number of amidine groups is 1. The zero-order chi connectivity index (χ0) is 16.2. The van der Waals surface area contributed by atoms with Gasteiger partial charge in [0.05, 0.1) is 32.3 Å². The van der Waals surface area contributed by atoms with Gasteiger partial charge in [-0.05, 0) is 36.0 Å². The first-order valence-electron chi connectivity index (χ1n) is 7.28. The standard InChI is InChI=1S/C16H18N2O4S/c1-20-12-3-4-13(21-2)11(9-12)10-14-15(19)17-16(23-14)18-5-7-22-8-6-18/h3-4,9-10H,5-8H2,1-2H3/b14-10-. The Bertz CT molecular complexity index is 666. The molecular formula is C16H18N2O4S. The molecule has 1 saturated heterocycles. The lowest BCUT2D eigenvalue weighted by atomic mass is 10.1. The highest BCUT2D eigenvalue weighted by Gasteiger charge is 2.27. The quantitative estimate of drug-likeness (QED) is 0.788. The Labute approximate surface area is 139 Å². The Morgan fingerprint density at radius 3 is 2.74 bits per heavy atom. The molecule has 6 nitrogen and oxygen atoms in total. The monoisotopic (exact) mass is 334 g/mol. The molecule has 0 saturated carbocycles. The molecule has 3 rings (SSSR count). The molecule has 0 spiro atoms. The first-order valence-corrected chi connectivity index (χ1v) is 8.10. The van der Waals surface area contributed by atoms with Crippen LogP contribution in [0.3, 0.4) is 0 Å². The molecule has 2 heterocycles. The lowest BCUT2D eigenvalue weighted by Crippen LogP contribution is -2.38. The Balaban J connectivity index is 1.82. The van der Waals surface area contributed by atoms with E-state index in [0.717, 1.165) is 23.8 Å². The van der Waals surface area contributed by atoms with Crippen LogP contribution in [0.2, 0.25) is 0 Å². The lowest BCUT2D eigenvalue weighted by Gasteiger charge is -2.27. The van der Waals surface area contributed by atoms with Crippen molar-refractivity contribution in [3.8, 4) is 11.5 Å². The van der Waals surface area contributed by atoms with Gasteiger partial charge in [-0.15, -0.1) is 0 Å². The topological polar surface area (TPSA) is 60.4 Å². The van der Waals surface area contributed by atoms with Crippen molar-refractivity contribution in [1.82, 2.24) is 4.90 Å². The van der Waals surface area contributed by atoms with Crippen molar-refractivity contribution in [2.45, 2.75) is 0 Å². The van der Waals surface area contributed by atoms with Gasteiger partial charge in [0.15, 0.2) is 5.17 Å². The van der Waals surface area contributed by atoms with Crippen LogP contribution in [0.5, 0.6) is 11.5 Å². The number of rotatable bonds is 3. The number of methoxy groups -OCH3 is 2. The van der Waals surface area contributed by atoms with E-state index in [9.17, 15) is 4.79 Å². The van der Waals surface area contributed by atoms with E-state index in [1.54, 1.807) is 20.3 Å². The van der Waals surface area contributed by atoms with Gasteiger partial charge < -0.3 is 19.1 Å². The van der Waals surface area contributed by atoms with Crippen molar-refractivity contribution in [3.05, 3.63) is 28.7 Å². The third-order valence-corrected chi connectivity index (χ3v) is 4.66. The average molecular weight is 334 g/mol. The second-order valence-electron chi connectivity index (χ2n) is 5.02. The number of aliphatic imine (C=N–C) groups is 1. The molecule has 0 aromatic heterocycles. The van der Waals surface area contributed by atoms with Gasteiger partial charge in [-0.2, -0.15) is 4.99 Å². The molecule has 0 radical (unpaired) electrons. The molecule has 0 N–H and O–H groups in total. The molecule has 1 amide bonds. The van der Waals surface area contributed by atoms with Crippen molar-refractivity contribution >= 4 is 28.9 Å². The maximum absolute atomic E-state index is 12.2. The van der Waals surface area contributed by atoms with Crippen molar-refractivity contribution in [3.63, 3.8) is 0 Å². The number of benzene rings is 1. The fourth-order valence-corrected chi connectivity index (χ4v) is 3.34. The SMILES string of the molecule is COc1ccc(OC)c(/C=C2\SC(N3CCOCC3)=NC2=O)c1. The maximum atomic E-state index is 12.2. The van der Waals surface area contributed by atoms with Crippen molar-refractivity contribution < 1.29 is 19.0 Å². The van der Waals surface area contributed by atoms with Gasteiger partial charge in [0.1, 0.15) is 11.5 Å². The molecule has 122 valence electrons. The van der Waals surface area contributed by atoms with Crippen LogP contribution in [0.1, 0.15) is 5.56 Å². The van der Waals surface area contributed by atoms with Crippen LogP contribution in [-0.2, 0) is 9.53 Å². The van der Waals surface area contributed by atoms with E-state index in [4.69, 9.17) is 14.2 Å². The summed E-state index contributed by atoms with van der Waals surface area (Å²) in [6, 6.07) is 5.48. The van der Waals surface area contributed by atoms with Crippen molar-refractivity contribution in [1.29, 1.82) is 0 Å². The molecule has 0 bridgehead atoms. The molecule has 1 aromatic rings. The van der Waals surface area contributed by atoms with Crippen molar-refractivity contribution in [2.24, 2.45) is 4.99 Å². The molecular weight excluding hydrogens is 316 g/mol. The first kappa shape index (κ1) is 15.9. The fraction of sp³-hybridized carbons (Fsp3) is 0.375. The second-order valence-corrected chi connectivity index (χ2v) is 6.03. The summed E-state index contributed by atoms with van der Waals surface area (Å²) in [5.41, 5.74) is 0.793. The zero-order valence-corrected chi connectivity index (χ0v) is 13.9. The van der Waals surface area contributed by atoms with Crippen LogP contribution in [0.4, 0.5) is 0 Å². The average Bonchev–Trinajstić information content (AvgIpc) is 2.96.